The smallest absolute Gasteiger partial charge is 0.246 e. The minimum absolute atomic E-state index is 0. The molecule has 0 saturated carbocycles. The number of nitrogens with zero attached hydrogens (tertiary/aromatic N) is 1. The first-order valence-corrected chi connectivity index (χ1v) is 9.15. The zero-order valence-corrected chi connectivity index (χ0v) is 15.3. The second-order valence-corrected chi connectivity index (χ2v) is 7.68. The molecular weight excluding hydrogens is 393 g/mol. The summed E-state index contributed by atoms with van der Waals surface area (Å²) < 4.78 is 54.5. The SMILES string of the molecule is Cl.O=S(=O)(c1cccc(F)c1F)N1CCNCC1c1ccccc1Cl. The molecule has 4 nitrogen and oxygen atoms in total. The van der Waals surface area contributed by atoms with Crippen LogP contribution in [-0.2, 0) is 10.0 Å². The zero-order valence-electron chi connectivity index (χ0n) is 13.0. The van der Waals surface area contributed by atoms with Crippen molar-refractivity contribution in [3.8, 4) is 0 Å². The number of piperazine rings is 1. The van der Waals surface area contributed by atoms with Crippen molar-refractivity contribution in [2.75, 3.05) is 19.6 Å². The lowest BCUT2D eigenvalue weighted by Crippen LogP contribution is -2.48. The fraction of sp³-hybridized carbons (Fsp3) is 0.250. The van der Waals surface area contributed by atoms with Crippen molar-refractivity contribution in [2.45, 2.75) is 10.9 Å². The molecule has 1 aliphatic rings. The monoisotopic (exact) mass is 408 g/mol. The summed E-state index contributed by atoms with van der Waals surface area (Å²) in [6, 6.07) is 9.43. The highest BCUT2D eigenvalue weighted by Crippen LogP contribution is 2.33. The number of hydrogen-bond donors (Lipinski definition) is 1. The van der Waals surface area contributed by atoms with Crippen LogP contribution in [0.2, 0.25) is 5.02 Å². The van der Waals surface area contributed by atoms with Gasteiger partial charge in [-0.15, -0.1) is 12.4 Å². The summed E-state index contributed by atoms with van der Waals surface area (Å²) in [6.07, 6.45) is 0. The summed E-state index contributed by atoms with van der Waals surface area (Å²) in [6.45, 7) is 0.880. The van der Waals surface area contributed by atoms with E-state index < -0.39 is 32.6 Å². The molecule has 0 spiro atoms. The third-order valence-electron chi connectivity index (χ3n) is 3.96. The normalized spacial score (nSPS) is 18.6. The summed E-state index contributed by atoms with van der Waals surface area (Å²) in [5.74, 6) is -2.56. The van der Waals surface area contributed by atoms with Crippen molar-refractivity contribution >= 4 is 34.0 Å². The number of sulfonamides is 1. The Bertz CT molecular complexity index is 865. The standard InChI is InChI=1S/C16H15ClF2N2O2S.ClH/c17-12-5-2-1-4-11(12)14-10-20-8-9-21(14)24(22,23)15-7-3-6-13(18)16(15)19;/h1-7,14,20H,8-10H2;1H. The van der Waals surface area contributed by atoms with Crippen molar-refractivity contribution < 1.29 is 17.2 Å². The predicted octanol–water partition coefficient (Wildman–Crippen LogP) is 3.38. The van der Waals surface area contributed by atoms with Crippen LogP contribution in [0.1, 0.15) is 11.6 Å². The van der Waals surface area contributed by atoms with Crippen LogP contribution in [-0.4, -0.2) is 32.4 Å². The van der Waals surface area contributed by atoms with E-state index in [1.54, 1.807) is 24.3 Å². The number of nitrogens with one attached hydrogen (secondary N) is 1. The van der Waals surface area contributed by atoms with E-state index in [-0.39, 0.29) is 19.0 Å². The second-order valence-electron chi connectivity index (χ2n) is 5.41. The lowest BCUT2D eigenvalue weighted by atomic mass is 10.1. The number of hydrogen-bond acceptors (Lipinski definition) is 3. The van der Waals surface area contributed by atoms with Crippen LogP contribution in [0.3, 0.4) is 0 Å². The second kappa shape index (κ2) is 7.97. The molecule has 1 N–H and O–H groups in total. The molecular formula is C16H16Cl2F2N2O2S. The van der Waals surface area contributed by atoms with Gasteiger partial charge in [-0.2, -0.15) is 4.31 Å². The minimum Gasteiger partial charge on any atom is -0.313 e. The van der Waals surface area contributed by atoms with E-state index in [2.05, 4.69) is 5.32 Å². The molecule has 2 aromatic carbocycles. The first kappa shape index (κ1) is 20.1. The van der Waals surface area contributed by atoms with E-state index >= 15 is 0 Å². The van der Waals surface area contributed by atoms with E-state index in [1.807, 2.05) is 0 Å². The van der Waals surface area contributed by atoms with Gasteiger partial charge < -0.3 is 5.32 Å². The van der Waals surface area contributed by atoms with Crippen LogP contribution < -0.4 is 5.32 Å². The predicted molar refractivity (Wildman–Crippen MR) is 94.6 cm³/mol. The van der Waals surface area contributed by atoms with Crippen molar-refractivity contribution in [3.63, 3.8) is 0 Å². The Morgan fingerprint density at radius 2 is 1.84 bits per heavy atom. The lowest BCUT2D eigenvalue weighted by Gasteiger charge is -2.35. The van der Waals surface area contributed by atoms with Crippen LogP contribution in [0.25, 0.3) is 0 Å². The van der Waals surface area contributed by atoms with E-state index in [0.717, 1.165) is 12.1 Å². The van der Waals surface area contributed by atoms with Gasteiger partial charge in [0.15, 0.2) is 11.6 Å². The Morgan fingerprint density at radius 1 is 1.12 bits per heavy atom. The molecule has 0 aliphatic carbocycles. The highest BCUT2D eigenvalue weighted by Gasteiger charge is 2.37. The maximum Gasteiger partial charge on any atom is 0.246 e. The van der Waals surface area contributed by atoms with Gasteiger partial charge in [-0.3, -0.25) is 0 Å². The van der Waals surface area contributed by atoms with Gasteiger partial charge in [-0.05, 0) is 23.8 Å². The van der Waals surface area contributed by atoms with Gasteiger partial charge in [0.2, 0.25) is 10.0 Å². The average Bonchev–Trinajstić information content (AvgIpc) is 2.57. The van der Waals surface area contributed by atoms with Crippen molar-refractivity contribution in [2.24, 2.45) is 0 Å². The molecule has 0 bridgehead atoms. The molecule has 1 heterocycles. The van der Waals surface area contributed by atoms with E-state index in [1.165, 1.54) is 10.4 Å². The van der Waals surface area contributed by atoms with E-state index in [0.29, 0.717) is 23.7 Å². The quantitative estimate of drug-likeness (QED) is 0.846. The lowest BCUT2D eigenvalue weighted by molar-refractivity contribution is 0.270. The van der Waals surface area contributed by atoms with Crippen molar-refractivity contribution in [3.05, 3.63) is 64.7 Å². The Labute approximate surface area is 156 Å². The molecule has 25 heavy (non-hydrogen) atoms. The van der Waals surface area contributed by atoms with E-state index in [9.17, 15) is 17.2 Å². The molecule has 1 saturated heterocycles. The topological polar surface area (TPSA) is 49.4 Å². The van der Waals surface area contributed by atoms with Crippen LogP contribution >= 0.6 is 24.0 Å². The Morgan fingerprint density at radius 3 is 2.56 bits per heavy atom. The maximum absolute atomic E-state index is 14.0. The van der Waals surface area contributed by atoms with Gasteiger partial charge in [0, 0.05) is 24.7 Å². The molecule has 9 heteroatoms. The zero-order chi connectivity index (χ0) is 17.3. The molecule has 1 fully saturated rings. The molecule has 1 atom stereocenters. The molecule has 2 aromatic rings. The Balaban J connectivity index is 0.00000225. The number of rotatable bonds is 3. The largest absolute Gasteiger partial charge is 0.313 e. The summed E-state index contributed by atoms with van der Waals surface area (Å²) in [7, 11) is -4.21. The highest BCUT2D eigenvalue weighted by atomic mass is 35.5. The minimum atomic E-state index is -4.21. The molecule has 1 unspecified atom stereocenters. The third-order valence-corrected chi connectivity index (χ3v) is 6.23. The van der Waals surface area contributed by atoms with Gasteiger partial charge in [-0.1, -0.05) is 35.9 Å². The number of benzene rings is 2. The van der Waals surface area contributed by atoms with Crippen LogP contribution in [0, 0.1) is 11.6 Å². The van der Waals surface area contributed by atoms with E-state index in [4.69, 9.17) is 11.6 Å². The van der Waals surface area contributed by atoms with Crippen LogP contribution in [0.4, 0.5) is 8.78 Å². The molecule has 1 aliphatic heterocycles. The highest BCUT2D eigenvalue weighted by molar-refractivity contribution is 7.89. The third kappa shape index (κ3) is 3.80. The molecule has 0 aromatic heterocycles. The molecule has 3 rings (SSSR count). The first-order chi connectivity index (χ1) is 11.4. The van der Waals surface area contributed by atoms with Gasteiger partial charge >= 0.3 is 0 Å². The molecule has 0 radical (unpaired) electrons. The summed E-state index contributed by atoms with van der Waals surface area (Å²) >= 11 is 6.19. The fourth-order valence-corrected chi connectivity index (χ4v) is 4.74. The number of halogens is 4. The van der Waals surface area contributed by atoms with Crippen molar-refractivity contribution in [1.82, 2.24) is 9.62 Å². The molecule has 0 amide bonds. The molecule has 136 valence electrons. The summed E-state index contributed by atoms with van der Waals surface area (Å²) in [5, 5.41) is 3.53. The van der Waals surface area contributed by atoms with Crippen LogP contribution in [0.5, 0.6) is 0 Å². The van der Waals surface area contributed by atoms with Crippen molar-refractivity contribution in [1.29, 1.82) is 0 Å². The average molecular weight is 409 g/mol. The van der Waals surface area contributed by atoms with Gasteiger partial charge in [-0.25, -0.2) is 17.2 Å². The summed E-state index contributed by atoms with van der Waals surface area (Å²) in [4.78, 5) is -0.665. The maximum atomic E-state index is 14.0. The fourth-order valence-electron chi connectivity index (χ4n) is 2.79. The first-order valence-electron chi connectivity index (χ1n) is 7.34. The van der Waals surface area contributed by atoms with Gasteiger partial charge in [0.25, 0.3) is 0 Å². The van der Waals surface area contributed by atoms with Crippen LogP contribution in [0.15, 0.2) is 47.4 Å². The van der Waals surface area contributed by atoms with Gasteiger partial charge in [0.1, 0.15) is 4.90 Å². The van der Waals surface area contributed by atoms with Gasteiger partial charge in [0.05, 0.1) is 6.04 Å². The Kier molecular flexibility index (Phi) is 6.40. The Hall–Kier alpha value is -1.25. The summed E-state index contributed by atoms with van der Waals surface area (Å²) in [5.41, 5.74) is 0.617.